The first-order valence-corrected chi connectivity index (χ1v) is 10.6. The number of aromatic hydroxyl groups is 1. The lowest BCUT2D eigenvalue weighted by Crippen LogP contribution is -2.24. The minimum absolute atomic E-state index is 0.0154. The third kappa shape index (κ3) is 3.68. The number of rotatable bonds is 5. The number of carbonyl (C=O) groups is 1. The van der Waals surface area contributed by atoms with E-state index in [-0.39, 0.29) is 28.8 Å². The van der Waals surface area contributed by atoms with Gasteiger partial charge in [0.15, 0.2) is 17.3 Å². The summed E-state index contributed by atoms with van der Waals surface area (Å²) in [5.74, 6) is -0.652. The lowest BCUT2D eigenvalue weighted by atomic mass is 10.2. The zero-order valence-electron chi connectivity index (χ0n) is 18.2. The molecule has 1 aliphatic heterocycles. The highest BCUT2D eigenvalue weighted by Crippen LogP contribution is 2.27. The van der Waals surface area contributed by atoms with E-state index >= 15 is 4.39 Å². The monoisotopic (exact) mass is 461 g/mol. The topological polar surface area (TPSA) is 102 Å². The van der Waals surface area contributed by atoms with Crippen LogP contribution in [0.3, 0.4) is 0 Å². The molecule has 0 aliphatic carbocycles. The minimum atomic E-state index is -0.608. The van der Waals surface area contributed by atoms with Crippen molar-refractivity contribution >= 4 is 11.6 Å². The van der Waals surface area contributed by atoms with Gasteiger partial charge in [0.1, 0.15) is 11.4 Å². The summed E-state index contributed by atoms with van der Waals surface area (Å²) in [5, 5.41) is 18.5. The largest absolute Gasteiger partial charge is 0.508 e. The summed E-state index contributed by atoms with van der Waals surface area (Å²) in [7, 11) is 1.34. The number of ether oxygens (including phenoxy) is 1. The fraction of sp³-hybridized carbons (Fsp3) is 0.167. The summed E-state index contributed by atoms with van der Waals surface area (Å²) in [6, 6.07) is 12.4. The molecule has 4 aromatic rings. The molecule has 1 N–H and O–H groups in total. The van der Waals surface area contributed by atoms with E-state index in [4.69, 9.17) is 4.74 Å². The van der Waals surface area contributed by atoms with E-state index in [0.29, 0.717) is 30.0 Å². The molecule has 1 fully saturated rings. The molecule has 0 atom stereocenters. The quantitative estimate of drug-likeness (QED) is 0.490. The number of benzene rings is 2. The Morgan fingerprint density at radius 3 is 2.65 bits per heavy atom. The third-order valence-electron chi connectivity index (χ3n) is 5.63. The van der Waals surface area contributed by atoms with Crippen molar-refractivity contribution in [1.29, 1.82) is 0 Å². The van der Waals surface area contributed by atoms with Crippen molar-refractivity contribution < 1.29 is 19.0 Å². The molecule has 9 nitrogen and oxygen atoms in total. The normalized spacial score (nSPS) is 13.5. The predicted molar refractivity (Wildman–Crippen MR) is 122 cm³/mol. The Morgan fingerprint density at radius 1 is 1.09 bits per heavy atom. The average Bonchev–Trinajstić information content (AvgIpc) is 3.48. The maximum Gasteiger partial charge on any atom is 0.251 e. The SMILES string of the molecule is COc1cn(-c2ccc(N3CCCC3=O)cc2F)nc(-c2ccnn2-c2cccc(O)c2)c1=O. The first-order chi connectivity index (χ1) is 16.5. The van der Waals surface area contributed by atoms with E-state index in [0.717, 1.165) is 6.42 Å². The summed E-state index contributed by atoms with van der Waals surface area (Å²) >= 11 is 0. The van der Waals surface area contributed by atoms with Gasteiger partial charge in [-0.15, -0.1) is 0 Å². The van der Waals surface area contributed by atoms with Gasteiger partial charge >= 0.3 is 0 Å². The molecule has 1 amide bonds. The van der Waals surface area contributed by atoms with Gasteiger partial charge in [-0.3, -0.25) is 9.59 Å². The molecule has 3 heterocycles. The van der Waals surface area contributed by atoms with Gasteiger partial charge < -0.3 is 14.7 Å². The Labute approximate surface area is 193 Å². The van der Waals surface area contributed by atoms with Crippen LogP contribution >= 0.6 is 0 Å². The van der Waals surface area contributed by atoms with Crippen molar-refractivity contribution in [2.24, 2.45) is 0 Å². The van der Waals surface area contributed by atoms with Crippen molar-refractivity contribution in [3.05, 3.63) is 77.0 Å². The molecule has 2 aromatic heterocycles. The van der Waals surface area contributed by atoms with Gasteiger partial charge in [0, 0.05) is 24.7 Å². The molecule has 2 aromatic carbocycles. The highest BCUT2D eigenvalue weighted by molar-refractivity contribution is 5.95. The van der Waals surface area contributed by atoms with Crippen LogP contribution in [0.4, 0.5) is 10.1 Å². The van der Waals surface area contributed by atoms with Gasteiger partial charge in [-0.25, -0.2) is 13.8 Å². The van der Waals surface area contributed by atoms with Crippen molar-refractivity contribution in [3.63, 3.8) is 0 Å². The molecule has 0 unspecified atom stereocenters. The summed E-state index contributed by atoms with van der Waals surface area (Å²) < 4.78 is 23.1. The number of carbonyl (C=O) groups excluding carboxylic acids is 1. The van der Waals surface area contributed by atoms with Gasteiger partial charge in [-0.1, -0.05) is 6.07 Å². The molecule has 172 valence electrons. The fourth-order valence-electron chi connectivity index (χ4n) is 3.99. The summed E-state index contributed by atoms with van der Waals surface area (Å²) in [6.07, 6.45) is 3.97. The Bertz CT molecular complexity index is 1460. The standard InChI is InChI=1S/C24H20FN5O4/c1-34-21-14-29(19-8-7-15(13-18(19)25)28-11-3-6-22(28)32)27-23(24(21)33)20-9-10-26-30(20)16-4-2-5-17(31)12-16/h2,4-5,7-10,12-14,31H,3,6,11H2,1H3. The van der Waals surface area contributed by atoms with Crippen LogP contribution in [0.2, 0.25) is 0 Å². The summed E-state index contributed by atoms with van der Waals surface area (Å²) in [5.41, 5.74) is 0.889. The predicted octanol–water partition coefficient (Wildman–Crippen LogP) is 3.07. The molecule has 0 radical (unpaired) electrons. The van der Waals surface area contributed by atoms with E-state index in [9.17, 15) is 14.7 Å². The van der Waals surface area contributed by atoms with Crippen LogP contribution in [0.15, 0.2) is 65.7 Å². The Kier molecular flexibility index (Phi) is 5.33. The van der Waals surface area contributed by atoms with Crippen molar-refractivity contribution in [2.75, 3.05) is 18.6 Å². The van der Waals surface area contributed by atoms with Crippen LogP contribution in [-0.2, 0) is 4.79 Å². The molecule has 0 spiro atoms. The Morgan fingerprint density at radius 2 is 1.94 bits per heavy atom. The van der Waals surface area contributed by atoms with Gasteiger partial charge in [0.25, 0.3) is 5.43 Å². The Hall–Kier alpha value is -4.47. The van der Waals surface area contributed by atoms with E-state index in [1.807, 2.05) is 0 Å². The number of phenols is 1. The van der Waals surface area contributed by atoms with Gasteiger partial charge in [-0.05, 0) is 42.8 Å². The Balaban J connectivity index is 1.62. The first kappa shape index (κ1) is 21.4. The number of hydrogen-bond donors (Lipinski definition) is 1. The number of hydrogen-bond acceptors (Lipinski definition) is 6. The van der Waals surface area contributed by atoms with Crippen molar-refractivity contribution in [3.8, 4) is 34.3 Å². The zero-order chi connectivity index (χ0) is 23.8. The van der Waals surface area contributed by atoms with Gasteiger partial charge in [0.2, 0.25) is 5.91 Å². The van der Waals surface area contributed by atoms with Gasteiger partial charge in [0.05, 0.1) is 30.9 Å². The average molecular weight is 461 g/mol. The summed E-state index contributed by atoms with van der Waals surface area (Å²) in [4.78, 5) is 26.6. The van der Waals surface area contributed by atoms with Gasteiger partial charge in [-0.2, -0.15) is 10.2 Å². The van der Waals surface area contributed by atoms with E-state index in [1.165, 1.54) is 53.1 Å². The maximum absolute atomic E-state index is 15.2. The molecule has 0 saturated carbocycles. The third-order valence-corrected chi connectivity index (χ3v) is 5.63. The molecule has 1 aliphatic rings. The zero-order valence-corrected chi connectivity index (χ0v) is 18.2. The minimum Gasteiger partial charge on any atom is -0.508 e. The number of aromatic nitrogens is 4. The smallest absolute Gasteiger partial charge is 0.251 e. The van der Waals surface area contributed by atoms with E-state index < -0.39 is 11.2 Å². The van der Waals surface area contributed by atoms with Crippen LogP contribution in [0.1, 0.15) is 12.8 Å². The molecule has 10 heteroatoms. The van der Waals surface area contributed by atoms with Crippen molar-refractivity contribution in [2.45, 2.75) is 12.8 Å². The van der Waals surface area contributed by atoms with Crippen LogP contribution < -0.4 is 15.1 Å². The lowest BCUT2D eigenvalue weighted by molar-refractivity contribution is -0.117. The van der Waals surface area contributed by atoms with E-state index in [2.05, 4.69) is 10.2 Å². The number of methoxy groups -OCH3 is 1. The van der Waals surface area contributed by atoms with Crippen molar-refractivity contribution in [1.82, 2.24) is 19.6 Å². The second-order valence-electron chi connectivity index (χ2n) is 7.75. The number of nitrogens with zero attached hydrogens (tertiary/aromatic N) is 5. The number of halogens is 1. The first-order valence-electron chi connectivity index (χ1n) is 10.6. The van der Waals surface area contributed by atoms with Crippen LogP contribution in [0.25, 0.3) is 22.8 Å². The van der Waals surface area contributed by atoms with Crippen LogP contribution in [0.5, 0.6) is 11.5 Å². The van der Waals surface area contributed by atoms with Crippen LogP contribution in [0, 0.1) is 5.82 Å². The summed E-state index contributed by atoms with van der Waals surface area (Å²) in [6.45, 7) is 0.547. The number of anilines is 1. The molecule has 1 saturated heterocycles. The number of phenolic OH excluding ortho intramolecular Hbond substituents is 1. The molecule has 5 rings (SSSR count). The van der Waals surface area contributed by atoms with E-state index in [1.54, 1.807) is 29.2 Å². The van der Waals surface area contributed by atoms with Crippen LogP contribution in [-0.4, -0.2) is 44.2 Å². The maximum atomic E-state index is 15.2. The molecule has 34 heavy (non-hydrogen) atoms. The lowest BCUT2D eigenvalue weighted by Gasteiger charge is -2.17. The molecular formula is C24H20FN5O4. The molecule has 0 bridgehead atoms. The second kappa shape index (κ2) is 8.47. The second-order valence-corrected chi connectivity index (χ2v) is 7.75. The highest BCUT2D eigenvalue weighted by Gasteiger charge is 2.23. The number of amides is 1. The molecular weight excluding hydrogens is 441 g/mol. The highest BCUT2D eigenvalue weighted by atomic mass is 19.1. The fourth-order valence-corrected chi connectivity index (χ4v) is 3.99.